The number of carbonyl (C=O) groups is 1. The van der Waals surface area contributed by atoms with Crippen LogP contribution in [0.5, 0.6) is 0 Å². The van der Waals surface area contributed by atoms with Gasteiger partial charge in [0.15, 0.2) is 0 Å². The number of rotatable bonds is 66. The van der Waals surface area contributed by atoms with E-state index in [4.69, 9.17) is 9.05 Å². The molecule has 3 unspecified atom stereocenters. The highest BCUT2D eigenvalue weighted by Gasteiger charge is 2.23. The SMILES string of the molecule is CC/C=C\C/C=C\C/C=C\C/C=C\CCCCCCCCCCCCCCCCCCCCCCC(=O)NC(COP(=O)([O-])OCC[N+](C)(C)C)C(O)/C=C/CCCCCCCCCCCCCCCCCCCCCCCCCCC. The van der Waals surface area contributed by atoms with E-state index in [2.05, 4.69) is 67.8 Å². The van der Waals surface area contributed by atoms with Gasteiger partial charge in [-0.3, -0.25) is 9.36 Å². The van der Waals surface area contributed by atoms with Gasteiger partial charge in [-0.2, -0.15) is 0 Å². The summed E-state index contributed by atoms with van der Waals surface area (Å²) >= 11 is 0. The van der Waals surface area contributed by atoms with E-state index in [-0.39, 0.29) is 19.1 Å². The minimum atomic E-state index is -4.60. The quantitative estimate of drug-likeness (QED) is 0.0272. The summed E-state index contributed by atoms with van der Waals surface area (Å²) in [6, 6.07) is -0.888. The lowest BCUT2D eigenvalue weighted by Crippen LogP contribution is -2.45. The van der Waals surface area contributed by atoms with Crippen molar-refractivity contribution in [3.05, 3.63) is 60.8 Å². The summed E-state index contributed by atoms with van der Waals surface area (Å²) in [4.78, 5) is 25.6. The molecule has 1 amide bonds. The number of phosphoric acid groups is 1. The molecule has 2 N–H and O–H groups in total. The van der Waals surface area contributed by atoms with Crippen molar-refractivity contribution < 1.29 is 32.9 Å². The van der Waals surface area contributed by atoms with Crippen molar-refractivity contribution >= 4 is 13.7 Å². The lowest BCUT2D eigenvalue weighted by Gasteiger charge is -2.29. The Balaban J connectivity index is 4.03. The maximum Gasteiger partial charge on any atom is 0.268 e. The van der Waals surface area contributed by atoms with E-state index in [1.807, 2.05) is 27.2 Å². The van der Waals surface area contributed by atoms with Gasteiger partial charge in [0.1, 0.15) is 13.2 Å². The molecule has 0 bridgehead atoms. The van der Waals surface area contributed by atoms with E-state index in [1.54, 1.807) is 6.08 Å². The number of unbranched alkanes of at least 4 members (excludes halogenated alkanes) is 45. The van der Waals surface area contributed by atoms with Crippen LogP contribution in [-0.4, -0.2) is 68.5 Å². The molecule has 0 radical (unpaired) electrons. The van der Waals surface area contributed by atoms with E-state index >= 15 is 0 Å². The molecule has 0 fully saturated rings. The van der Waals surface area contributed by atoms with Crippen molar-refractivity contribution in [2.75, 3.05) is 40.9 Å². The Kier molecular flexibility index (Phi) is 62.3. The number of amides is 1. The van der Waals surface area contributed by atoms with Crippen molar-refractivity contribution in [3.63, 3.8) is 0 Å². The van der Waals surface area contributed by atoms with Crippen LogP contribution in [0.4, 0.5) is 0 Å². The zero-order chi connectivity index (χ0) is 59.8. The molecule has 0 aromatic rings. The average molecular weight is 1170 g/mol. The summed E-state index contributed by atoms with van der Waals surface area (Å²) in [7, 11) is 1.27. The van der Waals surface area contributed by atoms with Gasteiger partial charge in [-0.15, -0.1) is 0 Å². The van der Waals surface area contributed by atoms with Crippen LogP contribution in [0.2, 0.25) is 0 Å². The van der Waals surface area contributed by atoms with E-state index in [1.165, 1.54) is 263 Å². The maximum atomic E-state index is 13.0. The number of likely N-dealkylation sites (N-methyl/N-ethyl adjacent to an activating group) is 1. The predicted molar refractivity (Wildman–Crippen MR) is 357 cm³/mol. The summed E-state index contributed by atoms with van der Waals surface area (Å²) in [6.45, 7) is 4.59. The summed E-state index contributed by atoms with van der Waals surface area (Å²) < 4.78 is 23.5. The molecule has 82 heavy (non-hydrogen) atoms. The van der Waals surface area contributed by atoms with Crippen molar-refractivity contribution in [1.82, 2.24) is 5.32 Å². The molecule has 482 valence electrons. The number of aliphatic hydroxyl groups is 1. The zero-order valence-corrected chi connectivity index (χ0v) is 56.1. The third-order valence-electron chi connectivity index (χ3n) is 16.2. The average Bonchev–Trinajstić information content (AvgIpc) is 3.47. The second-order valence-electron chi connectivity index (χ2n) is 25.6. The van der Waals surface area contributed by atoms with Crippen LogP contribution in [0, 0.1) is 0 Å². The molecule has 3 atom stereocenters. The van der Waals surface area contributed by atoms with E-state index in [0.717, 1.165) is 64.2 Å². The van der Waals surface area contributed by atoms with E-state index < -0.39 is 20.0 Å². The Morgan fingerprint density at radius 1 is 0.439 bits per heavy atom. The molecule has 0 aromatic carbocycles. The van der Waals surface area contributed by atoms with Crippen LogP contribution in [0.3, 0.4) is 0 Å². The normalized spacial score (nSPS) is 14.0. The second-order valence-corrected chi connectivity index (χ2v) is 27.0. The fraction of sp³-hybridized carbons (Fsp3) is 0.849. The van der Waals surface area contributed by atoms with E-state index in [9.17, 15) is 19.4 Å². The molecule has 0 aliphatic heterocycles. The molecule has 0 aliphatic carbocycles. The Bertz CT molecular complexity index is 1520. The lowest BCUT2D eigenvalue weighted by atomic mass is 10.0. The van der Waals surface area contributed by atoms with Gasteiger partial charge in [0.2, 0.25) is 5.91 Å². The zero-order valence-electron chi connectivity index (χ0n) is 55.2. The number of aliphatic hydroxyl groups excluding tert-OH is 1. The van der Waals surface area contributed by atoms with Gasteiger partial charge < -0.3 is 28.8 Å². The number of hydrogen-bond donors (Lipinski definition) is 2. The molecule has 8 nitrogen and oxygen atoms in total. The van der Waals surface area contributed by atoms with Gasteiger partial charge in [0, 0.05) is 6.42 Å². The Morgan fingerprint density at radius 3 is 1.09 bits per heavy atom. The molecule has 0 spiro atoms. The monoisotopic (exact) mass is 1170 g/mol. The Labute approximate surface area is 511 Å². The van der Waals surface area contributed by atoms with Crippen LogP contribution in [-0.2, 0) is 18.4 Å². The van der Waals surface area contributed by atoms with Gasteiger partial charge in [-0.25, -0.2) is 0 Å². The molecule has 0 saturated carbocycles. The molecule has 0 heterocycles. The van der Waals surface area contributed by atoms with Crippen LogP contribution >= 0.6 is 7.82 Å². The number of carbonyl (C=O) groups excluding carboxylic acids is 1. The van der Waals surface area contributed by atoms with Crippen molar-refractivity contribution in [2.45, 2.75) is 360 Å². The van der Waals surface area contributed by atoms with E-state index in [0.29, 0.717) is 17.4 Å². The molecule has 0 rings (SSSR count). The van der Waals surface area contributed by atoms with Crippen LogP contribution in [0.25, 0.3) is 0 Å². The second kappa shape index (κ2) is 63.7. The first-order valence-corrected chi connectivity index (χ1v) is 37.1. The van der Waals surface area contributed by atoms with Gasteiger partial charge in [-0.05, 0) is 57.8 Å². The number of nitrogens with zero attached hydrogens (tertiary/aromatic N) is 1. The van der Waals surface area contributed by atoms with Crippen molar-refractivity contribution in [3.8, 4) is 0 Å². The van der Waals surface area contributed by atoms with Gasteiger partial charge >= 0.3 is 0 Å². The fourth-order valence-corrected chi connectivity index (χ4v) is 11.5. The third kappa shape index (κ3) is 65.7. The standard InChI is InChI=1S/C73H139N2O6P/c1-6-8-10-12-14-16-18-20-22-24-26-28-30-32-34-35-36-37-38-39-41-43-45-47-49-51-53-55-57-59-61-63-65-67-73(77)74-71(70-81-82(78,79)80-69-68-75(3,4)5)72(76)66-64-62-60-58-56-54-52-50-48-46-44-42-40-33-31-29-27-25-23-21-19-17-15-13-11-9-7-2/h8,10,14,16,20,22,26,28,64,66,71-72,76H,6-7,9,11-13,15,17-19,21,23-25,27,29-63,65,67-70H2,1-5H3,(H-,74,77,78,79)/b10-8-,16-14-,22-20-,28-26-,66-64+. The molecule has 0 aliphatic rings. The summed E-state index contributed by atoms with van der Waals surface area (Å²) in [5.74, 6) is -0.191. The highest BCUT2D eigenvalue weighted by Crippen LogP contribution is 2.38. The smallest absolute Gasteiger partial charge is 0.268 e. The number of quaternary nitrogens is 1. The first kappa shape index (κ1) is 80.2. The largest absolute Gasteiger partial charge is 0.756 e. The Hall–Kier alpha value is -1.80. The first-order valence-electron chi connectivity index (χ1n) is 35.7. The minimum absolute atomic E-state index is 0.0000968. The van der Waals surface area contributed by atoms with Crippen molar-refractivity contribution in [1.29, 1.82) is 0 Å². The number of nitrogens with one attached hydrogen (secondary N) is 1. The van der Waals surface area contributed by atoms with Crippen LogP contribution in [0.15, 0.2) is 60.8 Å². The molecular formula is C73H139N2O6P. The molecule has 0 aromatic heterocycles. The third-order valence-corrected chi connectivity index (χ3v) is 17.2. The number of hydrogen-bond acceptors (Lipinski definition) is 6. The highest BCUT2D eigenvalue weighted by atomic mass is 31.2. The van der Waals surface area contributed by atoms with Gasteiger partial charge in [0.25, 0.3) is 7.82 Å². The van der Waals surface area contributed by atoms with Crippen molar-refractivity contribution in [2.24, 2.45) is 0 Å². The summed E-state index contributed by atoms with van der Waals surface area (Å²) in [5, 5.41) is 14.0. The highest BCUT2D eigenvalue weighted by molar-refractivity contribution is 7.45. The fourth-order valence-electron chi connectivity index (χ4n) is 10.7. The summed E-state index contributed by atoms with van der Waals surface area (Å²) in [5.41, 5.74) is 0. The molecule has 0 saturated heterocycles. The predicted octanol–water partition coefficient (Wildman–Crippen LogP) is 22.1. The first-order chi connectivity index (χ1) is 40.0. The lowest BCUT2D eigenvalue weighted by molar-refractivity contribution is -0.870. The minimum Gasteiger partial charge on any atom is -0.756 e. The van der Waals surface area contributed by atoms with Crippen LogP contribution in [0.1, 0.15) is 348 Å². The summed E-state index contributed by atoms with van der Waals surface area (Å²) in [6.07, 6.45) is 87.7. The van der Waals surface area contributed by atoms with Gasteiger partial charge in [-0.1, -0.05) is 344 Å². The van der Waals surface area contributed by atoms with Crippen LogP contribution < -0.4 is 10.2 Å². The Morgan fingerprint density at radius 2 is 0.744 bits per heavy atom. The molecule has 9 heteroatoms. The van der Waals surface area contributed by atoms with Gasteiger partial charge in [0.05, 0.1) is 39.9 Å². The number of allylic oxidation sites excluding steroid dienone is 9. The number of phosphoric ester groups is 1. The molecular weight excluding hydrogens is 1030 g/mol. The topological polar surface area (TPSA) is 108 Å². The maximum absolute atomic E-state index is 13.0.